The van der Waals surface area contributed by atoms with Crippen LogP contribution < -0.4 is 0 Å². The summed E-state index contributed by atoms with van der Waals surface area (Å²) in [5, 5.41) is 2.11. The molecule has 0 spiro atoms. The molecule has 0 aromatic heterocycles. The van der Waals surface area contributed by atoms with Gasteiger partial charge in [-0.2, -0.15) is 0 Å². The highest BCUT2D eigenvalue weighted by Crippen LogP contribution is 2.40. The second kappa shape index (κ2) is 20.5. The fourth-order valence-corrected chi connectivity index (χ4v) is 9.21. The predicted molar refractivity (Wildman–Crippen MR) is 208 cm³/mol. The fraction of sp³-hybridized carbons (Fsp3) is 0.610. The molecular formula is C41H58Br2N2O4. The first kappa shape index (κ1) is 41.1. The van der Waals surface area contributed by atoms with E-state index in [4.69, 9.17) is 0 Å². The van der Waals surface area contributed by atoms with Gasteiger partial charge in [0.15, 0.2) is 0 Å². The van der Waals surface area contributed by atoms with Gasteiger partial charge in [-0.25, -0.2) is 0 Å². The topological polar surface area (TPSA) is 74.8 Å². The van der Waals surface area contributed by atoms with E-state index >= 15 is 0 Å². The van der Waals surface area contributed by atoms with Crippen LogP contribution in [0.25, 0.3) is 0 Å². The lowest BCUT2D eigenvalue weighted by atomic mass is 9.73. The maximum absolute atomic E-state index is 12.4. The summed E-state index contributed by atoms with van der Waals surface area (Å²) in [6.45, 7) is 10.2. The van der Waals surface area contributed by atoms with Crippen LogP contribution >= 0.6 is 31.9 Å². The molecule has 2 aliphatic rings. The van der Waals surface area contributed by atoms with Crippen LogP contribution in [0, 0.1) is 10.8 Å². The van der Waals surface area contributed by atoms with Gasteiger partial charge in [0.25, 0.3) is 23.6 Å². The van der Waals surface area contributed by atoms with Crippen LogP contribution in [0.2, 0.25) is 0 Å². The van der Waals surface area contributed by atoms with E-state index in [2.05, 4.69) is 59.6 Å². The number of nitrogens with zero attached hydrogens (tertiary/aromatic N) is 2. The summed E-state index contributed by atoms with van der Waals surface area (Å²) in [4.78, 5) is 52.1. The van der Waals surface area contributed by atoms with Gasteiger partial charge < -0.3 is 0 Å². The molecule has 0 N–H and O–H groups in total. The zero-order valence-corrected chi connectivity index (χ0v) is 33.5. The number of rotatable bonds is 21. The summed E-state index contributed by atoms with van der Waals surface area (Å²) in [5.74, 6) is -0.531. The number of unbranched alkanes of at least 4 members (excludes halogenated alkanes) is 5. The Kier molecular flexibility index (Phi) is 17.2. The Balaban J connectivity index is 0.000000271. The number of carbonyl (C=O) groups is 4. The second-order valence-electron chi connectivity index (χ2n) is 14.6. The van der Waals surface area contributed by atoms with Gasteiger partial charge in [0.05, 0.1) is 22.3 Å². The molecule has 0 fully saturated rings. The molecular weight excluding hydrogens is 744 g/mol. The molecule has 0 bridgehead atoms. The number of halogens is 2. The zero-order chi connectivity index (χ0) is 35.9. The van der Waals surface area contributed by atoms with Gasteiger partial charge in [0.1, 0.15) is 0 Å². The highest BCUT2D eigenvalue weighted by atomic mass is 79.9. The van der Waals surface area contributed by atoms with Crippen molar-refractivity contribution < 1.29 is 19.2 Å². The molecule has 0 saturated heterocycles. The van der Waals surface area contributed by atoms with Gasteiger partial charge in [0, 0.05) is 23.7 Å². The van der Waals surface area contributed by atoms with Crippen molar-refractivity contribution in [3.8, 4) is 0 Å². The molecule has 2 aromatic rings. The number of alkyl halides is 2. The fourth-order valence-electron chi connectivity index (χ4n) is 7.29. The van der Waals surface area contributed by atoms with Gasteiger partial charge in [-0.1, -0.05) is 129 Å². The van der Waals surface area contributed by atoms with Crippen molar-refractivity contribution in [2.75, 3.05) is 23.7 Å². The van der Waals surface area contributed by atoms with Crippen LogP contribution in [-0.2, 0) is 0 Å². The number of benzene rings is 2. The van der Waals surface area contributed by atoms with Gasteiger partial charge >= 0.3 is 0 Å². The second-order valence-corrected chi connectivity index (χ2v) is 16.2. The van der Waals surface area contributed by atoms with Crippen LogP contribution in [0.5, 0.6) is 0 Å². The number of amides is 4. The Bertz CT molecular complexity index is 1320. The summed E-state index contributed by atoms with van der Waals surface area (Å²) in [6, 6.07) is 14.2. The Labute approximate surface area is 312 Å². The van der Waals surface area contributed by atoms with Crippen molar-refractivity contribution in [1.82, 2.24) is 9.80 Å². The van der Waals surface area contributed by atoms with E-state index in [1.54, 1.807) is 36.4 Å². The van der Waals surface area contributed by atoms with Crippen LogP contribution in [0.4, 0.5) is 0 Å². The summed E-state index contributed by atoms with van der Waals surface area (Å²) < 4.78 is 0. The van der Waals surface area contributed by atoms with Crippen LogP contribution in [0.1, 0.15) is 165 Å². The number of carbonyl (C=O) groups excluding carboxylic acids is 4. The Morgan fingerprint density at radius 2 is 0.898 bits per heavy atom. The molecule has 2 heterocycles. The molecule has 0 aliphatic carbocycles. The molecule has 2 aromatic carbocycles. The minimum atomic E-state index is -0.139. The highest BCUT2D eigenvalue weighted by molar-refractivity contribution is 9.09. The summed E-state index contributed by atoms with van der Waals surface area (Å²) in [6.07, 6.45) is 17.5. The number of hydrogen-bond acceptors (Lipinski definition) is 4. The zero-order valence-electron chi connectivity index (χ0n) is 30.3. The average Bonchev–Trinajstić information content (AvgIpc) is 3.48. The lowest BCUT2D eigenvalue weighted by Crippen LogP contribution is -2.30. The first-order valence-corrected chi connectivity index (χ1v) is 20.8. The minimum Gasteiger partial charge on any atom is -0.274 e. The van der Waals surface area contributed by atoms with Gasteiger partial charge in [-0.05, 0) is 86.5 Å². The lowest BCUT2D eigenvalue weighted by molar-refractivity contribution is 0.0635. The van der Waals surface area contributed by atoms with Crippen LogP contribution in [0.3, 0.4) is 0 Å². The Morgan fingerprint density at radius 3 is 1.29 bits per heavy atom. The van der Waals surface area contributed by atoms with E-state index in [-0.39, 0.29) is 23.6 Å². The average molecular weight is 803 g/mol. The molecule has 0 saturated carbocycles. The maximum Gasteiger partial charge on any atom is 0.261 e. The molecule has 270 valence electrons. The molecule has 2 aliphatic heterocycles. The van der Waals surface area contributed by atoms with Gasteiger partial charge in [0.2, 0.25) is 0 Å². The van der Waals surface area contributed by atoms with Crippen molar-refractivity contribution in [3.63, 3.8) is 0 Å². The minimum absolute atomic E-state index is 0.127. The molecule has 1 unspecified atom stereocenters. The predicted octanol–water partition coefficient (Wildman–Crippen LogP) is 11.3. The number of hydrogen-bond donors (Lipinski definition) is 0. The van der Waals surface area contributed by atoms with Crippen LogP contribution in [-0.4, -0.2) is 57.2 Å². The van der Waals surface area contributed by atoms with E-state index in [1.165, 1.54) is 74.0 Å². The molecule has 4 rings (SSSR count). The smallest absolute Gasteiger partial charge is 0.261 e. The molecule has 6 nitrogen and oxygen atoms in total. The van der Waals surface area contributed by atoms with Crippen molar-refractivity contribution in [3.05, 3.63) is 70.8 Å². The molecule has 0 radical (unpaired) electrons. The largest absolute Gasteiger partial charge is 0.274 e. The van der Waals surface area contributed by atoms with E-state index in [0.717, 1.165) is 42.8 Å². The molecule has 4 amide bonds. The van der Waals surface area contributed by atoms with Crippen molar-refractivity contribution in [2.45, 2.75) is 124 Å². The van der Waals surface area contributed by atoms with E-state index in [9.17, 15) is 19.2 Å². The third kappa shape index (κ3) is 11.6. The third-order valence-corrected chi connectivity index (χ3v) is 11.1. The van der Waals surface area contributed by atoms with Crippen molar-refractivity contribution >= 4 is 55.5 Å². The Morgan fingerprint density at radius 1 is 0.490 bits per heavy atom. The lowest BCUT2D eigenvalue weighted by Gasteiger charge is -2.34. The summed E-state index contributed by atoms with van der Waals surface area (Å²) >= 11 is 7.16. The molecule has 1 atom stereocenters. The van der Waals surface area contributed by atoms with E-state index < -0.39 is 0 Å². The van der Waals surface area contributed by atoms with E-state index in [0.29, 0.717) is 46.2 Å². The maximum atomic E-state index is 12.4. The summed E-state index contributed by atoms with van der Waals surface area (Å²) in [7, 11) is 0. The van der Waals surface area contributed by atoms with Gasteiger partial charge in [-0.15, -0.1) is 0 Å². The van der Waals surface area contributed by atoms with Crippen molar-refractivity contribution in [2.24, 2.45) is 10.8 Å². The standard InChI is InChI=1S/C23H34BrNO2.C18H24BrNO2/c1-3-5-14-23(13-4-2,16-17-24)15-9-6-10-18-25-21(26)19-11-7-8-12-20(19)22(25)27;1-18(2,11-12-19)10-6-3-7-13-20-16(21)14-8-4-5-9-15(14)17(20)22/h7-8,11-12H,3-6,9-10,13-18H2,1-2H3;4-5,8-9H,3,6-7,10-13H2,1-2H3. The SMILES string of the molecule is CC(C)(CCBr)CCCCCN1C(=O)c2ccccc2C1=O.CCCCC(CCC)(CCBr)CCCCCN1C(=O)c2ccccc2C1=O. The quantitative estimate of drug-likeness (QED) is 0.0716. The summed E-state index contributed by atoms with van der Waals surface area (Å²) in [5.41, 5.74) is 3.03. The number of imide groups is 2. The van der Waals surface area contributed by atoms with E-state index in [1.807, 2.05) is 12.1 Å². The Hall–Kier alpha value is -2.32. The third-order valence-electron chi connectivity index (χ3n) is 10.3. The van der Waals surface area contributed by atoms with Gasteiger partial charge in [-0.3, -0.25) is 29.0 Å². The normalized spacial score (nSPS) is 15.3. The first-order chi connectivity index (χ1) is 23.5. The first-order valence-electron chi connectivity index (χ1n) is 18.6. The van der Waals surface area contributed by atoms with Crippen molar-refractivity contribution in [1.29, 1.82) is 0 Å². The highest BCUT2D eigenvalue weighted by Gasteiger charge is 2.35. The van der Waals surface area contributed by atoms with Crippen LogP contribution in [0.15, 0.2) is 48.5 Å². The molecule has 49 heavy (non-hydrogen) atoms. The molecule has 8 heteroatoms. The number of fused-ring (bicyclic) bond motifs is 2. The monoisotopic (exact) mass is 800 g/mol.